The van der Waals surface area contributed by atoms with Gasteiger partial charge in [0.1, 0.15) is 0 Å². The van der Waals surface area contributed by atoms with Crippen molar-refractivity contribution in [1.29, 1.82) is 0 Å². The van der Waals surface area contributed by atoms with Gasteiger partial charge in [-0.05, 0) is 45.7 Å². The predicted molar refractivity (Wildman–Crippen MR) is 71.9 cm³/mol. The second kappa shape index (κ2) is 7.29. The molecule has 0 aliphatic heterocycles. The summed E-state index contributed by atoms with van der Waals surface area (Å²) in [6, 6.07) is 0. The molecule has 0 fully saturated rings. The van der Waals surface area contributed by atoms with E-state index >= 15 is 0 Å². The fraction of sp³-hybridized carbons (Fsp3) is 1.00. The van der Waals surface area contributed by atoms with Gasteiger partial charge in [0.2, 0.25) is 0 Å². The molecule has 0 aromatic heterocycles. The van der Waals surface area contributed by atoms with Gasteiger partial charge < -0.3 is 10.1 Å². The Bertz CT molecular complexity index is 174. The molecular formula is C14H31NO. The second-order valence-electron chi connectivity index (χ2n) is 5.73. The van der Waals surface area contributed by atoms with E-state index in [4.69, 9.17) is 4.74 Å². The summed E-state index contributed by atoms with van der Waals surface area (Å²) in [6.45, 7) is 13.2. The quantitative estimate of drug-likeness (QED) is 0.652. The summed E-state index contributed by atoms with van der Waals surface area (Å²) >= 11 is 0. The summed E-state index contributed by atoms with van der Waals surface area (Å²) in [6.07, 6.45) is 4.72. The Hall–Kier alpha value is -0.0800. The molecule has 0 bridgehead atoms. The highest BCUT2D eigenvalue weighted by Gasteiger charge is 2.22. The minimum Gasteiger partial charge on any atom is -0.376 e. The van der Waals surface area contributed by atoms with Gasteiger partial charge in [-0.25, -0.2) is 0 Å². The molecule has 16 heavy (non-hydrogen) atoms. The molecule has 0 radical (unpaired) electrons. The van der Waals surface area contributed by atoms with Crippen molar-refractivity contribution in [3.8, 4) is 0 Å². The minimum absolute atomic E-state index is 0.00536. The molecule has 1 N–H and O–H groups in total. The third-order valence-electron chi connectivity index (χ3n) is 3.88. The molecule has 2 heteroatoms. The predicted octanol–water partition coefficient (Wildman–Crippen LogP) is 3.61. The van der Waals surface area contributed by atoms with Gasteiger partial charge in [0, 0.05) is 6.61 Å². The molecule has 2 nitrogen and oxygen atoms in total. The molecule has 0 saturated carbocycles. The fourth-order valence-corrected chi connectivity index (χ4v) is 1.68. The molecule has 0 saturated heterocycles. The minimum atomic E-state index is 0.00536. The summed E-state index contributed by atoms with van der Waals surface area (Å²) in [4.78, 5) is 0. The largest absolute Gasteiger partial charge is 0.376 e. The first-order chi connectivity index (χ1) is 7.39. The van der Waals surface area contributed by atoms with Crippen LogP contribution in [0.5, 0.6) is 0 Å². The number of nitrogens with one attached hydrogen (secondary N) is 1. The molecule has 0 amide bonds. The van der Waals surface area contributed by atoms with E-state index in [9.17, 15) is 0 Å². The molecule has 0 aliphatic rings. The van der Waals surface area contributed by atoms with Gasteiger partial charge in [0.15, 0.2) is 0 Å². The molecule has 0 aliphatic carbocycles. The Morgan fingerprint density at radius 2 is 1.56 bits per heavy atom. The average molecular weight is 229 g/mol. The van der Waals surface area contributed by atoms with Crippen molar-refractivity contribution in [2.24, 2.45) is 5.41 Å². The van der Waals surface area contributed by atoms with Crippen LogP contribution in [0.25, 0.3) is 0 Å². The molecule has 0 rings (SSSR count). The highest BCUT2D eigenvalue weighted by atomic mass is 16.5. The van der Waals surface area contributed by atoms with Crippen LogP contribution in [0, 0.1) is 5.41 Å². The number of hydrogen-bond donors (Lipinski definition) is 1. The van der Waals surface area contributed by atoms with Gasteiger partial charge in [-0.1, -0.05) is 33.6 Å². The first kappa shape index (κ1) is 15.9. The topological polar surface area (TPSA) is 21.3 Å². The maximum atomic E-state index is 5.99. The van der Waals surface area contributed by atoms with E-state index in [1.807, 2.05) is 7.05 Å². The summed E-state index contributed by atoms with van der Waals surface area (Å²) < 4.78 is 5.99. The molecule has 0 heterocycles. The molecular weight excluding hydrogens is 198 g/mol. The summed E-state index contributed by atoms with van der Waals surface area (Å²) in [5.74, 6) is 0. The van der Waals surface area contributed by atoms with E-state index in [-0.39, 0.29) is 5.60 Å². The van der Waals surface area contributed by atoms with Crippen LogP contribution in [0.3, 0.4) is 0 Å². The van der Waals surface area contributed by atoms with Crippen molar-refractivity contribution >= 4 is 0 Å². The van der Waals surface area contributed by atoms with Crippen LogP contribution in [0.1, 0.15) is 60.3 Å². The smallest absolute Gasteiger partial charge is 0.0638 e. The van der Waals surface area contributed by atoms with Crippen LogP contribution >= 0.6 is 0 Å². The fourth-order valence-electron chi connectivity index (χ4n) is 1.68. The molecule has 0 aromatic carbocycles. The number of rotatable bonds is 9. The first-order valence-electron chi connectivity index (χ1n) is 6.67. The lowest BCUT2D eigenvalue weighted by Crippen LogP contribution is -2.30. The molecule has 0 atom stereocenters. The van der Waals surface area contributed by atoms with E-state index < -0.39 is 0 Å². The monoisotopic (exact) mass is 229 g/mol. The van der Waals surface area contributed by atoms with Crippen molar-refractivity contribution in [3.05, 3.63) is 0 Å². The van der Waals surface area contributed by atoms with E-state index in [1.54, 1.807) is 0 Å². The summed E-state index contributed by atoms with van der Waals surface area (Å²) in [7, 11) is 1.99. The van der Waals surface area contributed by atoms with Crippen LogP contribution in [-0.4, -0.2) is 25.8 Å². The van der Waals surface area contributed by atoms with Crippen molar-refractivity contribution in [2.45, 2.75) is 65.9 Å². The van der Waals surface area contributed by atoms with E-state index in [1.165, 1.54) is 19.3 Å². The third kappa shape index (κ3) is 6.49. The van der Waals surface area contributed by atoms with Crippen molar-refractivity contribution in [1.82, 2.24) is 5.32 Å². The van der Waals surface area contributed by atoms with E-state index in [0.29, 0.717) is 5.41 Å². The van der Waals surface area contributed by atoms with Gasteiger partial charge >= 0.3 is 0 Å². The first-order valence-corrected chi connectivity index (χ1v) is 6.67. The Kier molecular flexibility index (Phi) is 7.25. The highest BCUT2D eigenvalue weighted by molar-refractivity contribution is 4.73. The number of ether oxygens (including phenoxy) is 1. The van der Waals surface area contributed by atoms with Crippen LogP contribution in [0.2, 0.25) is 0 Å². The van der Waals surface area contributed by atoms with Crippen molar-refractivity contribution in [3.63, 3.8) is 0 Å². The molecule has 98 valence electrons. The molecule has 0 spiro atoms. The van der Waals surface area contributed by atoms with Gasteiger partial charge in [-0.15, -0.1) is 0 Å². The van der Waals surface area contributed by atoms with Gasteiger partial charge in [0.05, 0.1) is 5.60 Å². The van der Waals surface area contributed by atoms with Crippen LogP contribution in [-0.2, 0) is 4.74 Å². The standard InChI is InChI=1S/C14H31NO/c1-7-14(5,8-2)10-12-16-13(3,4)9-11-15-6/h15H,7-12H2,1-6H3. The lowest BCUT2D eigenvalue weighted by molar-refractivity contribution is -0.0356. The van der Waals surface area contributed by atoms with Gasteiger partial charge in [0.25, 0.3) is 0 Å². The average Bonchev–Trinajstić information content (AvgIpc) is 2.26. The normalized spacial score (nSPS) is 13.1. The Morgan fingerprint density at radius 3 is 2.00 bits per heavy atom. The second-order valence-corrected chi connectivity index (χ2v) is 5.73. The third-order valence-corrected chi connectivity index (χ3v) is 3.88. The van der Waals surface area contributed by atoms with Crippen LogP contribution < -0.4 is 5.32 Å². The van der Waals surface area contributed by atoms with Crippen molar-refractivity contribution < 1.29 is 4.74 Å². The summed E-state index contributed by atoms with van der Waals surface area (Å²) in [5, 5.41) is 3.17. The highest BCUT2D eigenvalue weighted by Crippen LogP contribution is 2.30. The van der Waals surface area contributed by atoms with E-state index in [0.717, 1.165) is 19.6 Å². The Morgan fingerprint density at radius 1 is 1.00 bits per heavy atom. The van der Waals surface area contributed by atoms with Gasteiger partial charge in [-0.3, -0.25) is 0 Å². The maximum absolute atomic E-state index is 5.99. The van der Waals surface area contributed by atoms with E-state index in [2.05, 4.69) is 39.9 Å². The zero-order chi connectivity index (χ0) is 12.7. The van der Waals surface area contributed by atoms with Crippen molar-refractivity contribution in [2.75, 3.05) is 20.2 Å². The Balaban J connectivity index is 3.87. The summed E-state index contributed by atoms with van der Waals surface area (Å²) in [5.41, 5.74) is 0.463. The zero-order valence-corrected chi connectivity index (χ0v) is 12.2. The Labute approximate surface area is 102 Å². The zero-order valence-electron chi connectivity index (χ0n) is 12.2. The molecule has 0 unspecified atom stereocenters. The SMILES string of the molecule is CCC(C)(CC)CCOC(C)(C)CCNC. The molecule has 0 aromatic rings. The number of hydrogen-bond acceptors (Lipinski definition) is 2. The van der Waals surface area contributed by atoms with Crippen LogP contribution in [0.4, 0.5) is 0 Å². The van der Waals surface area contributed by atoms with Crippen LogP contribution in [0.15, 0.2) is 0 Å². The maximum Gasteiger partial charge on any atom is 0.0638 e. The lowest BCUT2D eigenvalue weighted by atomic mass is 9.82. The lowest BCUT2D eigenvalue weighted by Gasteiger charge is -2.30. The van der Waals surface area contributed by atoms with Gasteiger partial charge in [-0.2, -0.15) is 0 Å².